The van der Waals surface area contributed by atoms with E-state index in [1.807, 2.05) is 13.8 Å². The molecule has 2 aromatic heterocycles. The lowest BCUT2D eigenvalue weighted by Crippen LogP contribution is -2.28. The van der Waals surface area contributed by atoms with Crippen LogP contribution in [0.4, 0.5) is 0 Å². The van der Waals surface area contributed by atoms with Crippen molar-refractivity contribution in [2.24, 2.45) is 0 Å². The highest BCUT2D eigenvalue weighted by molar-refractivity contribution is 5.76. The highest BCUT2D eigenvalue weighted by Gasteiger charge is 2.15. The van der Waals surface area contributed by atoms with Gasteiger partial charge in [-0.2, -0.15) is 5.10 Å². The number of aromatic amines is 1. The summed E-state index contributed by atoms with van der Waals surface area (Å²) in [4.78, 5) is 23.2. The Kier molecular flexibility index (Phi) is 4.86. The molecule has 2 aromatic rings. The van der Waals surface area contributed by atoms with E-state index in [0.717, 1.165) is 24.4 Å². The third kappa shape index (κ3) is 3.91. The molecule has 20 heavy (non-hydrogen) atoms. The van der Waals surface area contributed by atoms with E-state index in [2.05, 4.69) is 25.4 Å². The van der Waals surface area contributed by atoms with E-state index in [1.54, 1.807) is 17.2 Å². The first-order valence-electron chi connectivity index (χ1n) is 6.82. The minimum absolute atomic E-state index is 0.0334. The van der Waals surface area contributed by atoms with Crippen molar-refractivity contribution in [3.05, 3.63) is 30.4 Å². The number of nitrogens with one attached hydrogen (secondary N) is 2. The first kappa shape index (κ1) is 14.2. The van der Waals surface area contributed by atoms with Crippen molar-refractivity contribution < 1.29 is 4.79 Å². The van der Waals surface area contributed by atoms with E-state index in [1.165, 1.54) is 6.33 Å². The molecule has 0 aliphatic heterocycles. The summed E-state index contributed by atoms with van der Waals surface area (Å²) in [6.07, 6.45) is 6.93. The number of amides is 1. The molecule has 108 valence electrons. The molecule has 0 aromatic carbocycles. The molecule has 0 spiro atoms. The highest BCUT2D eigenvalue weighted by Crippen LogP contribution is 2.13. The Morgan fingerprint density at radius 2 is 2.40 bits per heavy atom. The van der Waals surface area contributed by atoms with Gasteiger partial charge in [0.05, 0.1) is 6.04 Å². The van der Waals surface area contributed by atoms with E-state index < -0.39 is 0 Å². The number of carbonyl (C=O) groups excluding carboxylic acids is 1. The van der Waals surface area contributed by atoms with E-state index in [0.29, 0.717) is 13.0 Å². The average molecular weight is 276 g/mol. The fourth-order valence-electron chi connectivity index (χ4n) is 1.99. The number of aromatic nitrogens is 5. The second kappa shape index (κ2) is 6.83. The number of rotatable bonds is 7. The number of carbonyl (C=O) groups is 1. The van der Waals surface area contributed by atoms with Gasteiger partial charge in [0.1, 0.15) is 18.5 Å². The van der Waals surface area contributed by atoms with Crippen LogP contribution in [0, 0.1) is 6.92 Å². The summed E-state index contributed by atoms with van der Waals surface area (Å²) in [7, 11) is 0. The molecule has 7 heteroatoms. The Morgan fingerprint density at radius 3 is 3.00 bits per heavy atom. The zero-order valence-corrected chi connectivity index (χ0v) is 11.8. The van der Waals surface area contributed by atoms with Gasteiger partial charge in [0, 0.05) is 24.9 Å². The van der Waals surface area contributed by atoms with Crippen molar-refractivity contribution in [2.45, 2.75) is 45.7 Å². The lowest BCUT2D eigenvalue weighted by molar-refractivity contribution is -0.122. The normalized spacial score (nSPS) is 12.3. The zero-order valence-electron chi connectivity index (χ0n) is 11.8. The molecular weight excluding hydrogens is 256 g/mol. The maximum absolute atomic E-state index is 11.9. The standard InChI is InChI=1S/C13H20N6O/c1-3-11(13-15-7-10(2)17-13)18-12(20)5-4-6-19-9-14-8-16-19/h7-9,11H,3-6H2,1-2H3,(H,15,17)(H,18,20)/t11-/m1/s1. The summed E-state index contributed by atoms with van der Waals surface area (Å²) < 4.78 is 1.72. The van der Waals surface area contributed by atoms with Gasteiger partial charge in [-0.15, -0.1) is 0 Å². The minimum atomic E-state index is -0.0532. The van der Waals surface area contributed by atoms with Gasteiger partial charge >= 0.3 is 0 Å². The second-order valence-corrected chi connectivity index (χ2v) is 4.74. The molecule has 0 aliphatic rings. The molecular formula is C13H20N6O. The Labute approximate surface area is 117 Å². The number of imidazole rings is 1. The van der Waals surface area contributed by atoms with Crippen molar-refractivity contribution in [3.63, 3.8) is 0 Å². The zero-order chi connectivity index (χ0) is 14.4. The van der Waals surface area contributed by atoms with Crippen LogP contribution in [-0.4, -0.2) is 30.6 Å². The largest absolute Gasteiger partial charge is 0.346 e. The van der Waals surface area contributed by atoms with Gasteiger partial charge in [-0.05, 0) is 19.8 Å². The molecule has 2 rings (SSSR count). The van der Waals surface area contributed by atoms with Crippen molar-refractivity contribution in [1.82, 2.24) is 30.0 Å². The van der Waals surface area contributed by atoms with Crippen LogP contribution in [0.1, 0.15) is 43.7 Å². The number of hydrogen-bond donors (Lipinski definition) is 2. The van der Waals surface area contributed by atoms with Crippen LogP contribution in [0.5, 0.6) is 0 Å². The number of aryl methyl sites for hydroxylation is 2. The van der Waals surface area contributed by atoms with Gasteiger partial charge in [-0.25, -0.2) is 9.97 Å². The van der Waals surface area contributed by atoms with Crippen LogP contribution in [0.15, 0.2) is 18.9 Å². The Balaban J connectivity index is 1.77. The minimum Gasteiger partial charge on any atom is -0.346 e. The van der Waals surface area contributed by atoms with Gasteiger partial charge in [0.25, 0.3) is 0 Å². The van der Waals surface area contributed by atoms with Crippen LogP contribution < -0.4 is 5.32 Å². The van der Waals surface area contributed by atoms with Gasteiger partial charge in [-0.1, -0.05) is 6.92 Å². The van der Waals surface area contributed by atoms with Crippen molar-refractivity contribution in [2.75, 3.05) is 0 Å². The molecule has 2 heterocycles. The Bertz CT molecular complexity index is 533. The second-order valence-electron chi connectivity index (χ2n) is 4.74. The van der Waals surface area contributed by atoms with Gasteiger partial charge in [-0.3, -0.25) is 9.48 Å². The Morgan fingerprint density at radius 1 is 1.55 bits per heavy atom. The third-order valence-electron chi connectivity index (χ3n) is 3.05. The van der Waals surface area contributed by atoms with Crippen molar-refractivity contribution in [1.29, 1.82) is 0 Å². The molecule has 0 radical (unpaired) electrons. The quantitative estimate of drug-likeness (QED) is 0.799. The monoisotopic (exact) mass is 276 g/mol. The third-order valence-corrected chi connectivity index (χ3v) is 3.05. The summed E-state index contributed by atoms with van der Waals surface area (Å²) in [5.74, 6) is 0.848. The van der Waals surface area contributed by atoms with E-state index >= 15 is 0 Å². The SMILES string of the molecule is CC[C@@H](NC(=O)CCCn1cncn1)c1ncc(C)[nH]1. The fourth-order valence-corrected chi connectivity index (χ4v) is 1.99. The average Bonchev–Trinajstić information content (AvgIpc) is 3.07. The number of nitrogens with zero attached hydrogens (tertiary/aromatic N) is 4. The predicted octanol–water partition coefficient (Wildman–Crippen LogP) is 1.36. The molecule has 2 N–H and O–H groups in total. The summed E-state index contributed by atoms with van der Waals surface area (Å²) in [5.41, 5.74) is 0.999. The molecule has 0 bridgehead atoms. The van der Waals surface area contributed by atoms with Crippen molar-refractivity contribution >= 4 is 5.91 Å². The lowest BCUT2D eigenvalue weighted by Gasteiger charge is -2.14. The van der Waals surface area contributed by atoms with E-state index in [9.17, 15) is 4.79 Å². The van der Waals surface area contributed by atoms with Crippen LogP contribution >= 0.6 is 0 Å². The maximum Gasteiger partial charge on any atom is 0.220 e. The molecule has 1 amide bonds. The van der Waals surface area contributed by atoms with Gasteiger partial charge < -0.3 is 10.3 Å². The van der Waals surface area contributed by atoms with E-state index in [-0.39, 0.29) is 11.9 Å². The molecule has 7 nitrogen and oxygen atoms in total. The Hall–Kier alpha value is -2.18. The predicted molar refractivity (Wildman–Crippen MR) is 73.8 cm³/mol. The molecule has 0 unspecified atom stereocenters. The molecule has 0 aliphatic carbocycles. The molecule has 0 fully saturated rings. The topological polar surface area (TPSA) is 88.5 Å². The summed E-state index contributed by atoms with van der Waals surface area (Å²) in [6, 6.07) is -0.0532. The smallest absolute Gasteiger partial charge is 0.220 e. The first-order chi connectivity index (χ1) is 9.69. The summed E-state index contributed by atoms with van der Waals surface area (Å²) in [6.45, 7) is 4.67. The molecule has 1 atom stereocenters. The first-order valence-corrected chi connectivity index (χ1v) is 6.82. The van der Waals surface area contributed by atoms with Crippen LogP contribution in [0.3, 0.4) is 0 Å². The van der Waals surface area contributed by atoms with Crippen LogP contribution in [0.25, 0.3) is 0 Å². The fraction of sp³-hybridized carbons (Fsp3) is 0.538. The highest BCUT2D eigenvalue weighted by atomic mass is 16.1. The van der Waals surface area contributed by atoms with E-state index in [4.69, 9.17) is 0 Å². The number of hydrogen-bond acceptors (Lipinski definition) is 4. The summed E-state index contributed by atoms with van der Waals surface area (Å²) in [5, 5.41) is 7.00. The molecule has 0 saturated heterocycles. The summed E-state index contributed by atoms with van der Waals surface area (Å²) >= 11 is 0. The maximum atomic E-state index is 11.9. The van der Waals surface area contributed by atoms with Gasteiger partial charge in [0.2, 0.25) is 5.91 Å². The number of H-pyrrole nitrogens is 1. The van der Waals surface area contributed by atoms with Crippen LogP contribution in [-0.2, 0) is 11.3 Å². The van der Waals surface area contributed by atoms with Crippen molar-refractivity contribution in [3.8, 4) is 0 Å². The lowest BCUT2D eigenvalue weighted by atomic mass is 10.2. The van der Waals surface area contributed by atoms with Gasteiger partial charge in [0.15, 0.2) is 0 Å². The molecule has 0 saturated carbocycles. The van der Waals surface area contributed by atoms with Crippen LogP contribution in [0.2, 0.25) is 0 Å².